The van der Waals surface area contributed by atoms with E-state index in [4.69, 9.17) is 9.47 Å². The van der Waals surface area contributed by atoms with Crippen molar-refractivity contribution in [3.63, 3.8) is 0 Å². The molecule has 0 aliphatic carbocycles. The minimum Gasteiger partial charge on any atom is -0.392 e. The molecule has 0 heterocycles. The van der Waals surface area contributed by atoms with E-state index in [-0.39, 0.29) is 17.8 Å². The fourth-order valence-corrected chi connectivity index (χ4v) is 3.31. The van der Waals surface area contributed by atoms with Gasteiger partial charge in [-0.3, -0.25) is 0 Å². The quantitative estimate of drug-likeness (QED) is 0.578. The topological polar surface area (TPSA) is 58.9 Å². The molecule has 0 fully saturated rings. The molecule has 4 nitrogen and oxygen atoms in total. The zero-order valence-corrected chi connectivity index (χ0v) is 17.2. The lowest BCUT2D eigenvalue weighted by Gasteiger charge is -2.31. The van der Waals surface area contributed by atoms with Crippen LogP contribution in [0.25, 0.3) is 0 Å². The maximum atomic E-state index is 10.6. The molecule has 0 amide bonds. The molecule has 4 heteroatoms. The molecular formula is C24H34O4. The molecule has 0 saturated carbocycles. The second-order valence-electron chi connectivity index (χ2n) is 7.80. The molecule has 0 radical (unpaired) electrons. The van der Waals surface area contributed by atoms with Crippen molar-refractivity contribution in [3.05, 3.63) is 71.8 Å². The van der Waals surface area contributed by atoms with E-state index in [2.05, 4.69) is 0 Å². The Labute approximate surface area is 169 Å². The molecule has 154 valence electrons. The van der Waals surface area contributed by atoms with E-state index < -0.39 is 12.2 Å². The highest BCUT2D eigenvalue weighted by atomic mass is 16.5. The first-order valence-electron chi connectivity index (χ1n) is 10.1. The monoisotopic (exact) mass is 386 g/mol. The summed E-state index contributed by atoms with van der Waals surface area (Å²) < 4.78 is 11.5. The zero-order valence-electron chi connectivity index (χ0n) is 17.2. The number of benzene rings is 2. The van der Waals surface area contributed by atoms with Crippen LogP contribution < -0.4 is 0 Å². The summed E-state index contributed by atoms with van der Waals surface area (Å²) in [5.74, 6) is -0.387. The Morgan fingerprint density at radius 3 is 1.36 bits per heavy atom. The number of rotatable bonds is 12. The first kappa shape index (κ1) is 22.6. The number of aliphatic hydroxyl groups excluding tert-OH is 2. The van der Waals surface area contributed by atoms with Crippen LogP contribution in [0.15, 0.2) is 60.7 Å². The van der Waals surface area contributed by atoms with Gasteiger partial charge in [-0.15, -0.1) is 0 Å². The maximum Gasteiger partial charge on any atom is 0.0717 e. The second kappa shape index (κ2) is 12.0. The Morgan fingerprint density at radius 1 is 0.643 bits per heavy atom. The molecule has 2 rings (SSSR count). The van der Waals surface area contributed by atoms with Crippen molar-refractivity contribution >= 4 is 0 Å². The summed E-state index contributed by atoms with van der Waals surface area (Å²) >= 11 is 0. The summed E-state index contributed by atoms with van der Waals surface area (Å²) in [6.45, 7) is 7.75. The Morgan fingerprint density at radius 2 is 1.00 bits per heavy atom. The standard InChI is InChI=1S/C24H34O4/c1-18(14-27-16-21-10-6-4-7-11-21)23(25)20(3)24(26)19(2)15-28-17-22-12-8-5-9-13-22/h4-13,18-20,23-26H,14-17H2,1-3H3/t18-,19-,20?,23-,24+/m0/s1. The zero-order chi connectivity index (χ0) is 20.4. The van der Waals surface area contributed by atoms with Gasteiger partial charge < -0.3 is 19.7 Å². The van der Waals surface area contributed by atoms with Crippen LogP contribution in [0.1, 0.15) is 31.9 Å². The van der Waals surface area contributed by atoms with Crippen LogP contribution in [0.2, 0.25) is 0 Å². The first-order chi connectivity index (χ1) is 13.5. The fourth-order valence-electron chi connectivity index (χ4n) is 3.31. The summed E-state index contributed by atoms with van der Waals surface area (Å²) in [7, 11) is 0. The SMILES string of the molecule is CC([C@@H](O)[C@@H](C)COCc1ccccc1)[C@H](O)[C@@H](C)COCc1ccccc1. The highest BCUT2D eigenvalue weighted by Gasteiger charge is 2.30. The largest absolute Gasteiger partial charge is 0.392 e. The lowest BCUT2D eigenvalue weighted by Crippen LogP contribution is -2.40. The van der Waals surface area contributed by atoms with E-state index >= 15 is 0 Å². The van der Waals surface area contributed by atoms with E-state index in [0.29, 0.717) is 26.4 Å². The predicted octanol–water partition coefficient (Wildman–Crippen LogP) is 4.05. The van der Waals surface area contributed by atoms with Crippen molar-refractivity contribution in [1.29, 1.82) is 0 Å². The van der Waals surface area contributed by atoms with E-state index in [9.17, 15) is 10.2 Å². The Hall–Kier alpha value is -1.72. The molecule has 0 bridgehead atoms. The number of ether oxygens (including phenoxy) is 2. The van der Waals surface area contributed by atoms with Crippen LogP contribution in [0, 0.1) is 17.8 Å². The lowest BCUT2D eigenvalue weighted by molar-refractivity contribution is -0.0628. The fraction of sp³-hybridized carbons (Fsp3) is 0.500. The molecule has 0 aliphatic heterocycles. The van der Waals surface area contributed by atoms with Crippen molar-refractivity contribution in [3.8, 4) is 0 Å². The van der Waals surface area contributed by atoms with Gasteiger partial charge in [0.25, 0.3) is 0 Å². The van der Waals surface area contributed by atoms with Crippen LogP contribution in [-0.2, 0) is 22.7 Å². The van der Waals surface area contributed by atoms with Crippen molar-refractivity contribution in [2.45, 2.75) is 46.2 Å². The predicted molar refractivity (Wildman–Crippen MR) is 112 cm³/mol. The first-order valence-corrected chi connectivity index (χ1v) is 10.1. The minimum absolute atomic E-state index is 0.0641. The van der Waals surface area contributed by atoms with Gasteiger partial charge >= 0.3 is 0 Å². The van der Waals surface area contributed by atoms with Gasteiger partial charge in [-0.1, -0.05) is 81.4 Å². The van der Waals surface area contributed by atoms with Crippen LogP contribution in [0.4, 0.5) is 0 Å². The van der Waals surface area contributed by atoms with Gasteiger partial charge in [-0.2, -0.15) is 0 Å². The molecule has 1 unspecified atom stereocenters. The summed E-state index contributed by atoms with van der Waals surface area (Å²) in [6, 6.07) is 20.0. The molecule has 0 spiro atoms. The summed E-state index contributed by atoms with van der Waals surface area (Å²) in [6.07, 6.45) is -1.27. The minimum atomic E-state index is -0.637. The van der Waals surface area contributed by atoms with E-state index in [0.717, 1.165) is 11.1 Å². The van der Waals surface area contributed by atoms with Crippen LogP contribution >= 0.6 is 0 Å². The Kier molecular flexibility index (Phi) is 9.65. The van der Waals surface area contributed by atoms with E-state index in [1.165, 1.54) is 0 Å². The third-order valence-electron chi connectivity index (χ3n) is 5.23. The second-order valence-corrected chi connectivity index (χ2v) is 7.80. The third-order valence-corrected chi connectivity index (χ3v) is 5.23. The van der Waals surface area contributed by atoms with E-state index in [1.54, 1.807) is 0 Å². The number of hydrogen-bond acceptors (Lipinski definition) is 4. The van der Waals surface area contributed by atoms with Gasteiger partial charge in [-0.25, -0.2) is 0 Å². The Bertz CT molecular complexity index is 589. The number of aliphatic hydroxyl groups is 2. The van der Waals surface area contributed by atoms with Gasteiger partial charge in [0, 0.05) is 17.8 Å². The molecule has 5 atom stereocenters. The average molecular weight is 387 g/mol. The summed E-state index contributed by atoms with van der Waals surface area (Å²) in [5.41, 5.74) is 2.22. The summed E-state index contributed by atoms with van der Waals surface area (Å²) in [5, 5.41) is 21.3. The van der Waals surface area contributed by atoms with Gasteiger partial charge in [0.1, 0.15) is 0 Å². The van der Waals surface area contributed by atoms with Crippen LogP contribution in [0.5, 0.6) is 0 Å². The van der Waals surface area contributed by atoms with Gasteiger partial charge in [0.2, 0.25) is 0 Å². The van der Waals surface area contributed by atoms with Crippen LogP contribution in [-0.4, -0.2) is 35.6 Å². The van der Waals surface area contributed by atoms with Gasteiger partial charge in [-0.05, 0) is 11.1 Å². The summed E-state index contributed by atoms with van der Waals surface area (Å²) in [4.78, 5) is 0. The third kappa shape index (κ3) is 7.36. The molecule has 2 N–H and O–H groups in total. The van der Waals surface area contributed by atoms with Crippen molar-refractivity contribution in [2.75, 3.05) is 13.2 Å². The van der Waals surface area contributed by atoms with Gasteiger partial charge in [0.15, 0.2) is 0 Å². The molecule has 0 aromatic heterocycles. The molecule has 2 aromatic carbocycles. The van der Waals surface area contributed by atoms with Crippen molar-refractivity contribution < 1.29 is 19.7 Å². The normalized spacial score (nSPS) is 16.9. The molecule has 2 aromatic rings. The smallest absolute Gasteiger partial charge is 0.0717 e. The average Bonchev–Trinajstić information content (AvgIpc) is 2.73. The van der Waals surface area contributed by atoms with Crippen molar-refractivity contribution in [2.24, 2.45) is 17.8 Å². The maximum absolute atomic E-state index is 10.6. The molecular weight excluding hydrogens is 352 g/mol. The van der Waals surface area contributed by atoms with Gasteiger partial charge in [0.05, 0.1) is 38.6 Å². The van der Waals surface area contributed by atoms with Crippen molar-refractivity contribution in [1.82, 2.24) is 0 Å². The van der Waals surface area contributed by atoms with E-state index in [1.807, 2.05) is 81.4 Å². The highest BCUT2D eigenvalue weighted by Crippen LogP contribution is 2.22. The molecule has 0 saturated heterocycles. The number of hydrogen-bond donors (Lipinski definition) is 2. The molecule has 28 heavy (non-hydrogen) atoms. The van der Waals surface area contributed by atoms with Crippen LogP contribution in [0.3, 0.4) is 0 Å². The highest BCUT2D eigenvalue weighted by molar-refractivity contribution is 5.14. The lowest BCUT2D eigenvalue weighted by atomic mass is 9.85. The molecule has 0 aliphatic rings. The Balaban J connectivity index is 1.71.